The number of benzene rings is 1. The fourth-order valence-corrected chi connectivity index (χ4v) is 4.73. The first-order valence-corrected chi connectivity index (χ1v) is 11.5. The highest BCUT2D eigenvalue weighted by molar-refractivity contribution is 5.79. The fourth-order valence-electron chi connectivity index (χ4n) is 4.73. The minimum Gasteiger partial charge on any atom is -0.454 e. The quantitative estimate of drug-likeness (QED) is 0.568. The molecule has 0 aliphatic carbocycles. The van der Waals surface area contributed by atoms with E-state index in [-0.39, 0.29) is 0 Å². The maximum Gasteiger partial charge on any atom is 0.231 e. The van der Waals surface area contributed by atoms with Crippen LogP contribution in [0.15, 0.2) is 23.2 Å². The molecule has 1 aromatic carbocycles. The van der Waals surface area contributed by atoms with Crippen LogP contribution in [-0.2, 0) is 6.54 Å². The second kappa shape index (κ2) is 10.4. The second-order valence-electron chi connectivity index (χ2n) is 8.59. The summed E-state index contributed by atoms with van der Waals surface area (Å²) in [6.07, 6.45) is 3.93. The van der Waals surface area contributed by atoms with Crippen molar-refractivity contribution in [2.75, 3.05) is 66.2 Å². The summed E-state index contributed by atoms with van der Waals surface area (Å²) in [6, 6.07) is 6.28. The standard InChI is InChI=1S/C23H37N5O2/c1-3-26-10-7-19(8-11-26)6-9-25-23(24-2)28-14-12-27(13-15-28)17-20-4-5-21-22(16-20)30-18-29-21/h4-5,16,19H,3,6-15,17-18H2,1-2H3,(H,24,25). The van der Waals surface area contributed by atoms with Crippen LogP contribution in [0.25, 0.3) is 0 Å². The summed E-state index contributed by atoms with van der Waals surface area (Å²) in [5.74, 6) is 3.64. The van der Waals surface area contributed by atoms with Gasteiger partial charge in [0, 0.05) is 46.3 Å². The van der Waals surface area contributed by atoms with Crippen molar-refractivity contribution in [2.24, 2.45) is 10.9 Å². The van der Waals surface area contributed by atoms with E-state index in [1.54, 1.807) is 0 Å². The van der Waals surface area contributed by atoms with E-state index < -0.39 is 0 Å². The highest BCUT2D eigenvalue weighted by atomic mass is 16.7. The van der Waals surface area contributed by atoms with Crippen LogP contribution < -0.4 is 14.8 Å². The summed E-state index contributed by atoms with van der Waals surface area (Å²) < 4.78 is 10.9. The number of nitrogens with zero attached hydrogens (tertiary/aromatic N) is 4. The molecule has 0 aromatic heterocycles. The first kappa shape index (κ1) is 21.2. The third-order valence-corrected chi connectivity index (χ3v) is 6.72. The Morgan fingerprint density at radius 2 is 1.80 bits per heavy atom. The minimum atomic E-state index is 0.335. The van der Waals surface area contributed by atoms with Crippen molar-refractivity contribution in [1.29, 1.82) is 0 Å². The first-order valence-electron chi connectivity index (χ1n) is 11.5. The van der Waals surface area contributed by atoms with Crippen LogP contribution >= 0.6 is 0 Å². The summed E-state index contributed by atoms with van der Waals surface area (Å²) in [4.78, 5) is 12.0. The molecule has 2 saturated heterocycles. The van der Waals surface area contributed by atoms with Gasteiger partial charge < -0.3 is 24.6 Å². The topological polar surface area (TPSA) is 52.6 Å². The lowest BCUT2D eigenvalue weighted by atomic mass is 9.93. The molecule has 1 aromatic rings. The molecule has 0 unspecified atom stereocenters. The van der Waals surface area contributed by atoms with Crippen molar-refractivity contribution in [2.45, 2.75) is 32.7 Å². The number of likely N-dealkylation sites (tertiary alicyclic amines) is 1. The van der Waals surface area contributed by atoms with Crippen LogP contribution in [0.4, 0.5) is 0 Å². The van der Waals surface area contributed by atoms with Gasteiger partial charge in [-0.3, -0.25) is 9.89 Å². The molecule has 2 fully saturated rings. The second-order valence-corrected chi connectivity index (χ2v) is 8.59. The molecule has 0 atom stereocenters. The zero-order valence-electron chi connectivity index (χ0n) is 18.6. The highest BCUT2D eigenvalue weighted by Gasteiger charge is 2.22. The van der Waals surface area contributed by atoms with Crippen LogP contribution in [0.1, 0.15) is 31.7 Å². The van der Waals surface area contributed by atoms with E-state index in [0.29, 0.717) is 6.79 Å². The van der Waals surface area contributed by atoms with E-state index in [1.165, 1.54) is 44.5 Å². The molecule has 0 spiro atoms. The Hall–Kier alpha value is -1.99. The molecule has 0 amide bonds. The summed E-state index contributed by atoms with van der Waals surface area (Å²) in [5.41, 5.74) is 1.28. The predicted molar refractivity (Wildman–Crippen MR) is 120 cm³/mol. The van der Waals surface area contributed by atoms with Gasteiger partial charge >= 0.3 is 0 Å². The Labute approximate surface area is 181 Å². The van der Waals surface area contributed by atoms with Gasteiger partial charge in [0.25, 0.3) is 0 Å². The third kappa shape index (κ3) is 5.38. The molecule has 4 rings (SSSR count). The fraction of sp³-hybridized carbons (Fsp3) is 0.696. The molecule has 30 heavy (non-hydrogen) atoms. The van der Waals surface area contributed by atoms with Gasteiger partial charge in [-0.1, -0.05) is 13.0 Å². The molecule has 3 heterocycles. The number of rotatable bonds is 6. The number of piperazine rings is 1. The average molecular weight is 416 g/mol. The van der Waals surface area contributed by atoms with E-state index in [9.17, 15) is 0 Å². The average Bonchev–Trinajstić information content (AvgIpc) is 3.26. The van der Waals surface area contributed by atoms with Gasteiger partial charge in [0.15, 0.2) is 17.5 Å². The molecule has 0 saturated carbocycles. The number of aliphatic imine (C=N–C) groups is 1. The summed E-state index contributed by atoms with van der Waals surface area (Å²) >= 11 is 0. The number of hydrogen-bond acceptors (Lipinski definition) is 5. The smallest absolute Gasteiger partial charge is 0.231 e. The number of guanidine groups is 1. The maximum absolute atomic E-state index is 5.51. The maximum atomic E-state index is 5.51. The predicted octanol–water partition coefficient (Wildman–Crippen LogP) is 2.23. The van der Waals surface area contributed by atoms with Crippen molar-refractivity contribution < 1.29 is 9.47 Å². The molecule has 7 nitrogen and oxygen atoms in total. The number of piperidine rings is 1. The molecule has 0 radical (unpaired) electrons. The van der Waals surface area contributed by atoms with Crippen LogP contribution in [0.5, 0.6) is 11.5 Å². The van der Waals surface area contributed by atoms with Crippen molar-refractivity contribution in [1.82, 2.24) is 20.0 Å². The Morgan fingerprint density at radius 1 is 1.03 bits per heavy atom. The molecular weight excluding hydrogens is 378 g/mol. The Kier molecular flexibility index (Phi) is 7.33. The Bertz CT molecular complexity index is 710. The summed E-state index contributed by atoms with van der Waals surface area (Å²) in [5, 5.41) is 3.62. The number of fused-ring (bicyclic) bond motifs is 1. The lowest BCUT2D eigenvalue weighted by Gasteiger charge is -2.37. The van der Waals surface area contributed by atoms with Crippen molar-refractivity contribution in [3.63, 3.8) is 0 Å². The molecule has 166 valence electrons. The van der Waals surface area contributed by atoms with Gasteiger partial charge in [-0.05, 0) is 62.5 Å². The van der Waals surface area contributed by atoms with Crippen LogP contribution in [0, 0.1) is 5.92 Å². The van der Waals surface area contributed by atoms with Crippen LogP contribution in [0.2, 0.25) is 0 Å². The molecule has 0 bridgehead atoms. The zero-order chi connectivity index (χ0) is 20.8. The van der Waals surface area contributed by atoms with Crippen molar-refractivity contribution >= 4 is 5.96 Å². The zero-order valence-corrected chi connectivity index (χ0v) is 18.6. The Balaban J connectivity index is 1.17. The van der Waals surface area contributed by atoms with Crippen molar-refractivity contribution in [3.05, 3.63) is 23.8 Å². The monoisotopic (exact) mass is 415 g/mol. The lowest BCUT2D eigenvalue weighted by molar-refractivity contribution is 0.170. The van der Waals surface area contributed by atoms with Gasteiger partial charge in [-0.15, -0.1) is 0 Å². The van der Waals surface area contributed by atoms with E-state index in [2.05, 4.69) is 44.1 Å². The SMILES string of the molecule is CCN1CCC(CCNC(=NC)N2CCN(Cc3ccc4c(c3)OCO4)CC2)CC1. The summed E-state index contributed by atoms with van der Waals surface area (Å²) in [7, 11) is 1.90. The Morgan fingerprint density at radius 3 is 2.53 bits per heavy atom. The van der Waals surface area contributed by atoms with E-state index >= 15 is 0 Å². The van der Waals surface area contributed by atoms with Crippen LogP contribution in [0.3, 0.4) is 0 Å². The van der Waals surface area contributed by atoms with Gasteiger partial charge in [0.05, 0.1) is 0 Å². The molecule has 3 aliphatic rings. The molecule has 7 heteroatoms. The normalized spacial score (nSPS) is 21.3. The molecule has 3 aliphatic heterocycles. The van der Waals surface area contributed by atoms with Gasteiger partial charge in [-0.25, -0.2) is 0 Å². The third-order valence-electron chi connectivity index (χ3n) is 6.72. The van der Waals surface area contributed by atoms with E-state index in [0.717, 1.165) is 62.6 Å². The number of ether oxygens (including phenoxy) is 2. The lowest BCUT2D eigenvalue weighted by Crippen LogP contribution is -2.52. The molecule has 1 N–H and O–H groups in total. The number of hydrogen-bond donors (Lipinski definition) is 1. The van der Waals surface area contributed by atoms with E-state index in [4.69, 9.17) is 9.47 Å². The van der Waals surface area contributed by atoms with Gasteiger partial charge in [-0.2, -0.15) is 0 Å². The van der Waals surface area contributed by atoms with Gasteiger partial charge in [0.1, 0.15) is 0 Å². The minimum absolute atomic E-state index is 0.335. The van der Waals surface area contributed by atoms with Crippen LogP contribution in [-0.4, -0.2) is 86.9 Å². The summed E-state index contributed by atoms with van der Waals surface area (Å²) in [6.45, 7) is 12.4. The first-order chi connectivity index (χ1) is 14.7. The number of nitrogens with one attached hydrogen (secondary N) is 1. The molecular formula is C23H37N5O2. The van der Waals surface area contributed by atoms with Crippen molar-refractivity contribution in [3.8, 4) is 11.5 Å². The van der Waals surface area contributed by atoms with Gasteiger partial charge in [0.2, 0.25) is 6.79 Å². The van der Waals surface area contributed by atoms with E-state index in [1.807, 2.05) is 13.1 Å². The largest absolute Gasteiger partial charge is 0.454 e. The highest BCUT2D eigenvalue weighted by Crippen LogP contribution is 2.32.